The third-order valence-electron chi connectivity index (χ3n) is 18.1. The van der Waals surface area contributed by atoms with E-state index in [0.29, 0.717) is 0 Å². The highest BCUT2D eigenvalue weighted by Crippen LogP contribution is 2.62. The molecule has 6 nitrogen and oxygen atoms in total. The van der Waals surface area contributed by atoms with Crippen LogP contribution in [0.1, 0.15) is 44.5 Å². The standard InChI is InChI=1S/C76H46N6S2/c1-2-19-54-51(18-1)53-30-31-55-52(22-11-27-65(55)81-66-25-7-6-24-62(66)76(49-16-13-35-79-45-49,50-17-14-36-80-46-50)64-40-60-57-21-4-10-29-72(57)83-73(60)42-69(64)81)58(53)41-68(54)82-67-26-8-5-23-61(67)75(47-32-37-77-38-33-47,48-15-12-34-78-44-48)63-39-59-56-20-3-9-28-71(56)84-74(59)43-70(63)82/h1-46H. The zero-order valence-corrected chi connectivity index (χ0v) is 46.7. The van der Waals surface area contributed by atoms with Crippen LogP contribution in [0.3, 0.4) is 0 Å². The monoisotopic (exact) mass is 1110 g/mol. The molecule has 2 aliphatic heterocycles. The minimum atomic E-state index is -0.762. The number of hydrogen-bond donors (Lipinski definition) is 0. The van der Waals surface area contributed by atoms with E-state index in [1.807, 2.05) is 66.1 Å². The molecule has 0 fully saturated rings. The number of thiophene rings is 2. The zero-order valence-electron chi connectivity index (χ0n) is 45.1. The quantitative estimate of drug-likeness (QED) is 0.155. The van der Waals surface area contributed by atoms with Crippen LogP contribution in [-0.4, -0.2) is 19.9 Å². The number of hydrogen-bond acceptors (Lipinski definition) is 8. The van der Waals surface area contributed by atoms with Gasteiger partial charge < -0.3 is 9.80 Å². The molecule has 0 saturated heterocycles. The Morgan fingerprint density at radius 1 is 0.238 bits per heavy atom. The highest BCUT2D eigenvalue weighted by Gasteiger charge is 2.49. The SMILES string of the molecule is c1cncc(C2(c3ccncc3)c3ccccc3N(c3cc4c5cccc(N6c7ccccc7C(c7cccnc7)(c7cccnc7)c7cc8c(cc76)sc6ccccc68)c5ccc4c4ccccc34)c3cc4sc5ccccc5c4cc32)c1. The van der Waals surface area contributed by atoms with E-state index in [4.69, 9.17) is 15.0 Å². The first-order valence-corrected chi connectivity index (χ1v) is 30.0. The fraction of sp³-hybridized carbons (Fsp3) is 0.0263. The molecule has 0 amide bonds. The summed E-state index contributed by atoms with van der Waals surface area (Å²) in [6.45, 7) is 0. The van der Waals surface area contributed by atoms with Crippen molar-refractivity contribution in [2.75, 3.05) is 9.80 Å². The molecule has 1 atom stereocenters. The Kier molecular flexibility index (Phi) is 10.2. The molecule has 0 radical (unpaired) electrons. The average molecular weight is 1110 g/mol. The molecule has 1 unspecified atom stereocenters. The van der Waals surface area contributed by atoms with E-state index in [0.717, 1.165) is 67.3 Å². The highest BCUT2D eigenvalue weighted by atomic mass is 32.1. The minimum Gasteiger partial charge on any atom is -0.309 e. The summed E-state index contributed by atoms with van der Waals surface area (Å²) >= 11 is 3.71. The molecule has 16 aromatic rings. The fourth-order valence-corrected chi connectivity index (χ4v) is 17.0. The van der Waals surface area contributed by atoms with Crippen molar-refractivity contribution in [3.05, 3.63) is 325 Å². The van der Waals surface area contributed by atoms with Gasteiger partial charge in [-0.15, -0.1) is 22.7 Å². The van der Waals surface area contributed by atoms with Crippen molar-refractivity contribution in [1.29, 1.82) is 0 Å². The first kappa shape index (κ1) is 47.3. The van der Waals surface area contributed by atoms with Crippen molar-refractivity contribution in [1.82, 2.24) is 19.9 Å². The summed E-state index contributed by atoms with van der Waals surface area (Å²) in [4.78, 5) is 24.2. The van der Waals surface area contributed by atoms with Crippen molar-refractivity contribution < 1.29 is 0 Å². The van der Waals surface area contributed by atoms with Crippen LogP contribution in [0.25, 0.3) is 72.7 Å². The molecule has 10 aromatic carbocycles. The summed E-state index contributed by atoms with van der Waals surface area (Å²) < 4.78 is 5.00. The van der Waals surface area contributed by atoms with Crippen molar-refractivity contribution in [3.63, 3.8) is 0 Å². The van der Waals surface area contributed by atoms with Gasteiger partial charge in [-0.2, -0.15) is 0 Å². The molecule has 0 aliphatic carbocycles. The van der Waals surface area contributed by atoms with Gasteiger partial charge in [-0.3, -0.25) is 19.9 Å². The Morgan fingerprint density at radius 3 is 1.23 bits per heavy atom. The van der Waals surface area contributed by atoms with Crippen molar-refractivity contribution in [3.8, 4) is 0 Å². The maximum Gasteiger partial charge on any atom is 0.0772 e. The second kappa shape index (κ2) is 18.1. The summed E-state index contributed by atoms with van der Waals surface area (Å²) in [5, 5.41) is 12.0. The van der Waals surface area contributed by atoms with Gasteiger partial charge in [-0.05, 0) is 157 Å². The Hall–Kier alpha value is -10.4. The Balaban J connectivity index is 0.929. The number of aromatic nitrogens is 4. The van der Waals surface area contributed by atoms with E-state index in [9.17, 15) is 0 Å². The van der Waals surface area contributed by atoms with Gasteiger partial charge in [0.15, 0.2) is 0 Å². The van der Waals surface area contributed by atoms with Crippen molar-refractivity contribution in [2.45, 2.75) is 10.8 Å². The molecule has 392 valence electrons. The van der Waals surface area contributed by atoms with Crippen molar-refractivity contribution >= 4 is 129 Å². The lowest BCUT2D eigenvalue weighted by Gasteiger charge is -2.46. The van der Waals surface area contributed by atoms with Gasteiger partial charge >= 0.3 is 0 Å². The number of fused-ring (bicyclic) bond motifs is 15. The van der Waals surface area contributed by atoms with Gasteiger partial charge in [-0.1, -0.05) is 140 Å². The van der Waals surface area contributed by atoms with Crippen LogP contribution in [0.15, 0.2) is 280 Å². The number of rotatable bonds is 6. The second-order valence-electron chi connectivity index (χ2n) is 22.1. The summed E-state index contributed by atoms with van der Waals surface area (Å²) in [6, 6.07) is 86.0. The van der Waals surface area contributed by atoms with E-state index >= 15 is 0 Å². The lowest BCUT2D eigenvalue weighted by molar-refractivity contribution is 0.724. The van der Waals surface area contributed by atoms with E-state index in [2.05, 4.69) is 252 Å². The highest BCUT2D eigenvalue weighted by molar-refractivity contribution is 7.26. The third kappa shape index (κ3) is 6.43. The van der Waals surface area contributed by atoms with Crippen LogP contribution < -0.4 is 9.80 Å². The second-order valence-corrected chi connectivity index (χ2v) is 24.2. The third-order valence-corrected chi connectivity index (χ3v) is 20.4. The topological polar surface area (TPSA) is 58.0 Å². The summed E-state index contributed by atoms with van der Waals surface area (Å²) in [5.74, 6) is 0. The molecule has 18 rings (SSSR count). The summed E-state index contributed by atoms with van der Waals surface area (Å²) in [5.41, 5.74) is 14.2. The lowest BCUT2D eigenvalue weighted by Crippen LogP contribution is -2.38. The molecule has 2 aliphatic rings. The molecule has 8 heterocycles. The molecule has 0 spiro atoms. The number of nitrogens with zero attached hydrogens (tertiary/aromatic N) is 6. The minimum absolute atomic E-state index is 0.751. The maximum absolute atomic E-state index is 4.85. The van der Waals surface area contributed by atoms with Gasteiger partial charge in [0.25, 0.3) is 0 Å². The average Bonchev–Trinajstić information content (AvgIpc) is 2.45. The Labute approximate surface area is 491 Å². The first-order chi connectivity index (χ1) is 41.7. The van der Waals surface area contributed by atoms with Crippen LogP contribution >= 0.6 is 22.7 Å². The van der Waals surface area contributed by atoms with Gasteiger partial charge in [-0.25, -0.2) is 0 Å². The van der Waals surface area contributed by atoms with Gasteiger partial charge in [0.05, 0.1) is 45.0 Å². The molecule has 84 heavy (non-hydrogen) atoms. The normalized spacial score (nSPS) is 15.2. The smallest absolute Gasteiger partial charge is 0.0772 e. The van der Waals surface area contributed by atoms with Gasteiger partial charge in [0.1, 0.15) is 0 Å². The van der Waals surface area contributed by atoms with E-state index < -0.39 is 10.8 Å². The molecular weight excluding hydrogens is 1060 g/mol. The number of anilines is 6. The zero-order chi connectivity index (χ0) is 55.1. The van der Waals surface area contributed by atoms with Crippen LogP contribution in [-0.2, 0) is 10.8 Å². The maximum atomic E-state index is 4.85. The summed E-state index contributed by atoms with van der Waals surface area (Å²) in [7, 11) is 0. The van der Waals surface area contributed by atoms with E-state index in [1.165, 1.54) is 84.0 Å². The predicted octanol–water partition coefficient (Wildman–Crippen LogP) is 19.8. The Bertz CT molecular complexity index is 5270. The largest absolute Gasteiger partial charge is 0.309 e. The molecule has 0 saturated carbocycles. The predicted molar refractivity (Wildman–Crippen MR) is 349 cm³/mol. The van der Waals surface area contributed by atoms with Crippen LogP contribution in [0.2, 0.25) is 0 Å². The molecule has 0 N–H and O–H groups in total. The van der Waals surface area contributed by atoms with E-state index in [-0.39, 0.29) is 0 Å². The van der Waals surface area contributed by atoms with Gasteiger partial charge in [0, 0.05) is 101 Å². The molecule has 0 bridgehead atoms. The molecule has 8 heteroatoms. The Morgan fingerprint density at radius 2 is 0.667 bits per heavy atom. The lowest BCUT2D eigenvalue weighted by atomic mass is 9.62. The fourth-order valence-electron chi connectivity index (χ4n) is 14.8. The molecule has 6 aromatic heterocycles. The van der Waals surface area contributed by atoms with Crippen LogP contribution in [0.5, 0.6) is 0 Å². The van der Waals surface area contributed by atoms with Crippen LogP contribution in [0, 0.1) is 0 Å². The summed E-state index contributed by atoms with van der Waals surface area (Å²) in [6.07, 6.45) is 15.6. The number of para-hydroxylation sites is 2. The van der Waals surface area contributed by atoms with E-state index in [1.54, 1.807) is 0 Å². The number of pyridine rings is 4. The first-order valence-electron chi connectivity index (χ1n) is 28.4. The van der Waals surface area contributed by atoms with Gasteiger partial charge in [0.2, 0.25) is 0 Å². The number of benzene rings is 10. The molecular formula is C76H46N6S2. The van der Waals surface area contributed by atoms with Crippen molar-refractivity contribution in [2.24, 2.45) is 0 Å². The van der Waals surface area contributed by atoms with Crippen LogP contribution in [0.4, 0.5) is 34.1 Å².